The molecule has 0 aromatic heterocycles. The van der Waals surface area contributed by atoms with Gasteiger partial charge in [0.25, 0.3) is 0 Å². The number of rotatable bonds is 2. The minimum atomic E-state index is 0.630. The molecule has 0 unspecified atom stereocenters. The van der Waals surface area contributed by atoms with E-state index in [0.717, 1.165) is 11.1 Å². The second-order valence-electron chi connectivity index (χ2n) is 3.18. The van der Waals surface area contributed by atoms with Crippen LogP contribution in [0.4, 0.5) is 0 Å². The van der Waals surface area contributed by atoms with Gasteiger partial charge in [-0.1, -0.05) is 43.3 Å². The van der Waals surface area contributed by atoms with E-state index in [2.05, 4.69) is 10.9 Å². The Bertz CT molecular complexity index is 456. The molecule has 0 aliphatic rings. The lowest BCUT2D eigenvalue weighted by molar-refractivity contribution is 1.50. The summed E-state index contributed by atoms with van der Waals surface area (Å²) in [5.41, 5.74) is 3.05. The quantitative estimate of drug-likeness (QED) is 0.535. The van der Waals surface area contributed by atoms with E-state index in [0.29, 0.717) is 11.3 Å². The van der Waals surface area contributed by atoms with Gasteiger partial charge in [0.2, 0.25) is 0 Å². The first-order chi connectivity index (χ1) is 7.76. The first-order valence-electron chi connectivity index (χ1n) is 4.97. The fourth-order valence-corrected chi connectivity index (χ4v) is 1.41. The molecule has 16 heavy (non-hydrogen) atoms. The molecule has 0 amide bonds. The standard InChI is InChI=1S/C14H12N2/c1-4-11(10-15)12-6-8-13(9-7-12)14(5-2)16-3/h4-9H,1-2H3. The Kier molecular flexibility index (Phi) is 4.07. The lowest BCUT2D eigenvalue weighted by Crippen LogP contribution is -1.83. The van der Waals surface area contributed by atoms with Crippen molar-refractivity contribution in [2.24, 2.45) is 0 Å². The van der Waals surface area contributed by atoms with Crippen LogP contribution in [-0.4, -0.2) is 0 Å². The highest BCUT2D eigenvalue weighted by Gasteiger charge is 2.02. The molecular formula is C14H12N2. The van der Waals surface area contributed by atoms with Gasteiger partial charge in [0.05, 0.1) is 18.2 Å². The maximum atomic E-state index is 8.87. The summed E-state index contributed by atoms with van der Waals surface area (Å²) >= 11 is 0. The third-order valence-electron chi connectivity index (χ3n) is 2.29. The number of allylic oxidation sites excluding steroid dienone is 3. The molecule has 0 atom stereocenters. The topological polar surface area (TPSA) is 28.1 Å². The Balaban J connectivity index is 3.12. The van der Waals surface area contributed by atoms with Crippen LogP contribution in [0, 0.1) is 17.9 Å². The Hall–Kier alpha value is -2.32. The molecule has 0 aliphatic carbocycles. The molecule has 0 N–H and O–H groups in total. The number of hydrogen-bond acceptors (Lipinski definition) is 1. The summed E-state index contributed by atoms with van der Waals surface area (Å²) in [4.78, 5) is 3.42. The van der Waals surface area contributed by atoms with Crippen molar-refractivity contribution in [3.05, 3.63) is 59.0 Å². The monoisotopic (exact) mass is 208 g/mol. The van der Waals surface area contributed by atoms with E-state index in [-0.39, 0.29) is 0 Å². The van der Waals surface area contributed by atoms with Gasteiger partial charge < -0.3 is 0 Å². The molecule has 0 spiro atoms. The maximum absolute atomic E-state index is 8.87. The number of hydrogen-bond donors (Lipinski definition) is 0. The van der Waals surface area contributed by atoms with Crippen molar-refractivity contribution in [3.63, 3.8) is 0 Å². The third-order valence-corrected chi connectivity index (χ3v) is 2.29. The van der Waals surface area contributed by atoms with E-state index in [1.54, 1.807) is 12.2 Å². The highest BCUT2D eigenvalue weighted by atomic mass is 14.7. The Morgan fingerprint density at radius 2 is 1.75 bits per heavy atom. The first kappa shape index (κ1) is 11.8. The average molecular weight is 208 g/mol. The molecule has 0 saturated heterocycles. The molecule has 1 aromatic rings. The van der Waals surface area contributed by atoms with Gasteiger partial charge in [-0.2, -0.15) is 5.26 Å². The highest BCUT2D eigenvalue weighted by Crippen LogP contribution is 2.19. The third kappa shape index (κ3) is 2.38. The normalized spacial score (nSPS) is 11.8. The summed E-state index contributed by atoms with van der Waals surface area (Å²) in [6.07, 6.45) is 3.56. The molecule has 0 aliphatic heterocycles. The second-order valence-corrected chi connectivity index (χ2v) is 3.18. The van der Waals surface area contributed by atoms with Crippen molar-refractivity contribution in [1.29, 1.82) is 5.26 Å². The molecule has 1 aromatic carbocycles. The predicted molar refractivity (Wildman–Crippen MR) is 66.0 cm³/mol. The van der Waals surface area contributed by atoms with Crippen LogP contribution in [0.3, 0.4) is 0 Å². The zero-order valence-corrected chi connectivity index (χ0v) is 9.36. The van der Waals surface area contributed by atoms with Gasteiger partial charge in [-0.05, 0) is 18.1 Å². The summed E-state index contributed by atoms with van der Waals surface area (Å²) in [5, 5.41) is 8.87. The van der Waals surface area contributed by atoms with Crippen molar-refractivity contribution in [2.75, 3.05) is 0 Å². The molecule has 0 heterocycles. The van der Waals surface area contributed by atoms with Crippen molar-refractivity contribution in [1.82, 2.24) is 0 Å². The summed E-state index contributed by atoms with van der Waals surface area (Å²) in [6.45, 7) is 10.7. The van der Waals surface area contributed by atoms with Crippen LogP contribution >= 0.6 is 0 Å². The molecule has 2 heteroatoms. The molecular weight excluding hydrogens is 196 g/mol. The molecule has 0 bridgehead atoms. The fraction of sp³-hybridized carbons (Fsp3) is 0.143. The number of benzene rings is 1. The van der Waals surface area contributed by atoms with Gasteiger partial charge in [0.1, 0.15) is 0 Å². The Morgan fingerprint density at radius 3 is 2.12 bits per heavy atom. The van der Waals surface area contributed by atoms with Crippen LogP contribution in [-0.2, 0) is 0 Å². The SMILES string of the molecule is [C-]#[N+]C(=CC)c1ccc(C(C#N)=CC)cc1. The summed E-state index contributed by atoms with van der Waals surface area (Å²) in [7, 11) is 0. The number of nitrogens with zero attached hydrogens (tertiary/aromatic N) is 2. The Labute approximate surface area is 96.0 Å². The number of nitriles is 1. The molecule has 2 nitrogen and oxygen atoms in total. The van der Waals surface area contributed by atoms with Crippen molar-refractivity contribution in [2.45, 2.75) is 13.8 Å². The van der Waals surface area contributed by atoms with Crippen LogP contribution in [0.2, 0.25) is 0 Å². The fourth-order valence-electron chi connectivity index (χ4n) is 1.41. The van der Waals surface area contributed by atoms with Gasteiger partial charge in [0.15, 0.2) is 5.70 Å². The summed E-state index contributed by atoms with van der Waals surface area (Å²) in [5.74, 6) is 0. The van der Waals surface area contributed by atoms with Gasteiger partial charge >= 0.3 is 0 Å². The van der Waals surface area contributed by atoms with E-state index < -0.39 is 0 Å². The Morgan fingerprint density at radius 1 is 1.19 bits per heavy atom. The molecule has 78 valence electrons. The van der Waals surface area contributed by atoms with Gasteiger partial charge in [-0.25, -0.2) is 4.85 Å². The maximum Gasteiger partial charge on any atom is 0.190 e. The van der Waals surface area contributed by atoms with E-state index >= 15 is 0 Å². The smallest absolute Gasteiger partial charge is 0.190 e. The summed E-state index contributed by atoms with van der Waals surface area (Å²) < 4.78 is 0. The zero-order valence-electron chi connectivity index (χ0n) is 9.36. The lowest BCUT2D eigenvalue weighted by Gasteiger charge is -2.01. The van der Waals surface area contributed by atoms with E-state index in [4.69, 9.17) is 11.8 Å². The van der Waals surface area contributed by atoms with E-state index in [9.17, 15) is 0 Å². The molecule has 0 saturated carbocycles. The van der Waals surface area contributed by atoms with Gasteiger partial charge in [0, 0.05) is 0 Å². The van der Waals surface area contributed by atoms with Crippen LogP contribution in [0.1, 0.15) is 25.0 Å². The zero-order chi connectivity index (χ0) is 12.0. The molecule has 0 fully saturated rings. The van der Waals surface area contributed by atoms with Crippen molar-refractivity contribution >= 4 is 11.3 Å². The minimum Gasteiger partial charge on any atom is -0.238 e. The highest BCUT2D eigenvalue weighted by molar-refractivity contribution is 5.78. The lowest BCUT2D eigenvalue weighted by atomic mass is 10.0. The van der Waals surface area contributed by atoms with E-state index in [1.807, 2.05) is 38.1 Å². The van der Waals surface area contributed by atoms with Gasteiger partial charge in [-0.3, -0.25) is 0 Å². The van der Waals surface area contributed by atoms with Crippen LogP contribution in [0.15, 0.2) is 36.4 Å². The summed E-state index contributed by atoms with van der Waals surface area (Å²) in [6, 6.07) is 9.59. The van der Waals surface area contributed by atoms with Crippen LogP contribution in [0.25, 0.3) is 16.1 Å². The molecule has 0 radical (unpaired) electrons. The predicted octanol–water partition coefficient (Wildman–Crippen LogP) is 3.89. The van der Waals surface area contributed by atoms with Gasteiger partial charge in [-0.15, -0.1) is 0 Å². The average Bonchev–Trinajstić information content (AvgIpc) is 2.34. The molecule has 1 rings (SSSR count). The second kappa shape index (κ2) is 5.53. The van der Waals surface area contributed by atoms with Crippen molar-refractivity contribution < 1.29 is 0 Å². The van der Waals surface area contributed by atoms with Crippen molar-refractivity contribution in [3.8, 4) is 6.07 Å². The largest absolute Gasteiger partial charge is 0.238 e. The minimum absolute atomic E-state index is 0.630. The first-order valence-corrected chi connectivity index (χ1v) is 4.97. The van der Waals surface area contributed by atoms with E-state index in [1.165, 1.54) is 0 Å². The van der Waals surface area contributed by atoms with Crippen LogP contribution < -0.4 is 0 Å². The van der Waals surface area contributed by atoms with Crippen LogP contribution in [0.5, 0.6) is 0 Å².